The van der Waals surface area contributed by atoms with E-state index in [9.17, 15) is 0 Å². The molecule has 0 radical (unpaired) electrons. The number of methoxy groups -OCH3 is 3. The SMILES string of the molecule is COc1cc(Cc2c3ccccc3cc[n+]2C)cc(OC)c1OC.[Cl-]. The molecule has 0 aliphatic carbocycles. The molecule has 0 fully saturated rings. The van der Waals surface area contributed by atoms with Gasteiger partial charge in [0.15, 0.2) is 23.4 Å². The first kappa shape index (κ1) is 18.9. The number of aromatic nitrogens is 1. The Morgan fingerprint density at radius 1 is 0.880 bits per heavy atom. The molecular weight excluding hydrogens is 338 g/mol. The van der Waals surface area contributed by atoms with Gasteiger partial charge in [-0.05, 0) is 29.1 Å². The summed E-state index contributed by atoms with van der Waals surface area (Å²) in [5, 5.41) is 2.48. The van der Waals surface area contributed by atoms with Gasteiger partial charge in [0.25, 0.3) is 0 Å². The van der Waals surface area contributed by atoms with Crippen LogP contribution in [0.3, 0.4) is 0 Å². The quantitative estimate of drug-likeness (QED) is 0.613. The van der Waals surface area contributed by atoms with E-state index in [4.69, 9.17) is 14.2 Å². The van der Waals surface area contributed by atoms with Gasteiger partial charge in [0, 0.05) is 11.5 Å². The zero-order valence-corrected chi connectivity index (χ0v) is 15.6. The van der Waals surface area contributed by atoms with Crippen LogP contribution in [0.15, 0.2) is 48.7 Å². The van der Waals surface area contributed by atoms with E-state index in [1.165, 1.54) is 16.5 Å². The van der Waals surface area contributed by atoms with E-state index in [0.717, 1.165) is 12.0 Å². The fourth-order valence-electron chi connectivity index (χ4n) is 3.03. The maximum absolute atomic E-state index is 5.46. The Bertz CT molecular complexity index is 855. The van der Waals surface area contributed by atoms with Crippen molar-refractivity contribution >= 4 is 10.8 Å². The van der Waals surface area contributed by atoms with Gasteiger partial charge >= 0.3 is 0 Å². The number of fused-ring (bicyclic) bond motifs is 1. The van der Waals surface area contributed by atoms with E-state index in [2.05, 4.69) is 48.1 Å². The smallest absolute Gasteiger partial charge is 0.203 e. The highest BCUT2D eigenvalue weighted by atomic mass is 35.5. The molecule has 5 heteroatoms. The van der Waals surface area contributed by atoms with Gasteiger partial charge < -0.3 is 26.6 Å². The van der Waals surface area contributed by atoms with E-state index in [1.807, 2.05) is 12.1 Å². The lowest BCUT2D eigenvalue weighted by atomic mass is 10.0. The lowest BCUT2D eigenvalue weighted by Crippen LogP contribution is -3.00. The number of hydrogen-bond donors (Lipinski definition) is 0. The highest BCUT2D eigenvalue weighted by molar-refractivity contribution is 5.83. The molecule has 0 saturated heterocycles. The molecule has 0 N–H and O–H groups in total. The van der Waals surface area contributed by atoms with Gasteiger partial charge in [-0.25, -0.2) is 4.57 Å². The monoisotopic (exact) mass is 359 g/mol. The third-order valence-electron chi connectivity index (χ3n) is 4.27. The largest absolute Gasteiger partial charge is 1.00 e. The van der Waals surface area contributed by atoms with Gasteiger partial charge in [-0.1, -0.05) is 18.2 Å². The topological polar surface area (TPSA) is 31.6 Å². The molecular formula is C20H22ClNO3. The Balaban J connectivity index is 0.00000225. The summed E-state index contributed by atoms with van der Waals surface area (Å²) in [6.45, 7) is 0. The first-order valence-corrected chi connectivity index (χ1v) is 7.83. The average molecular weight is 360 g/mol. The van der Waals surface area contributed by atoms with Gasteiger partial charge in [-0.15, -0.1) is 0 Å². The molecule has 1 aromatic heterocycles. The number of rotatable bonds is 5. The molecule has 1 heterocycles. The number of pyridine rings is 1. The van der Waals surface area contributed by atoms with Crippen LogP contribution in [-0.4, -0.2) is 21.3 Å². The third kappa shape index (κ3) is 3.64. The van der Waals surface area contributed by atoms with Crippen LogP contribution in [0.4, 0.5) is 0 Å². The molecule has 0 aliphatic heterocycles. The van der Waals surface area contributed by atoms with E-state index in [0.29, 0.717) is 17.2 Å². The Morgan fingerprint density at radius 2 is 1.52 bits per heavy atom. The average Bonchev–Trinajstić information content (AvgIpc) is 2.63. The number of nitrogens with zero attached hydrogens (tertiary/aromatic N) is 1. The molecule has 3 aromatic rings. The number of hydrogen-bond acceptors (Lipinski definition) is 3. The molecule has 0 saturated carbocycles. The summed E-state index contributed by atoms with van der Waals surface area (Å²) in [6.07, 6.45) is 2.87. The Morgan fingerprint density at radius 3 is 2.12 bits per heavy atom. The van der Waals surface area contributed by atoms with Crippen molar-refractivity contribution in [1.82, 2.24) is 0 Å². The lowest BCUT2D eigenvalue weighted by Gasteiger charge is -2.14. The van der Waals surface area contributed by atoms with Crippen LogP contribution in [0, 0.1) is 0 Å². The molecule has 0 atom stereocenters. The maximum Gasteiger partial charge on any atom is 0.203 e. The molecule has 0 aliphatic rings. The van der Waals surface area contributed by atoms with Gasteiger partial charge in [0.05, 0.1) is 27.8 Å². The van der Waals surface area contributed by atoms with Gasteiger partial charge in [0.1, 0.15) is 7.05 Å². The van der Waals surface area contributed by atoms with Crippen molar-refractivity contribution in [2.45, 2.75) is 6.42 Å². The second-order valence-electron chi connectivity index (χ2n) is 5.67. The number of halogens is 1. The summed E-state index contributed by atoms with van der Waals surface area (Å²) in [5.41, 5.74) is 2.35. The summed E-state index contributed by atoms with van der Waals surface area (Å²) in [7, 11) is 6.96. The Hall–Kier alpha value is -2.46. The Kier molecular flexibility index (Phi) is 6.10. The fourth-order valence-corrected chi connectivity index (χ4v) is 3.03. The van der Waals surface area contributed by atoms with Crippen molar-refractivity contribution in [3.8, 4) is 17.2 Å². The zero-order valence-electron chi connectivity index (χ0n) is 14.9. The van der Waals surface area contributed by atoms with Crippen molar-refractivity contribution < 1.29 is 31.2 Å². The van der Waals surface area contributed by atoms with E-state index in [1.54, 1.807) is 21.3 Å². The summed E-state index contributed by atoms with van der Waals surface area (Å²) >= 11 is 0. The van der Waals surface area contributed by atoms with E-state index < -0.39 is 0 Å². The van der Waals surface area contributed by atoms with Gasteiger partial charge in [-0.3, -0.25) is 0 Å². The van der Waals surface area contributed by atoms with Crippen LogP contribution in [0.2, 0.25) is 0 Å². The van der Waals surface area contributed by atoms with Crippen LogP contribution in [-0.2, 0) is 13.5 Å². The van der Waals surface area contributed by atoms with E-state index in [-0.39, 0.29) is 12.4 Å². The minimum atomic E-state index is 0. The zero-order chi connectivity index (χ0) is 17.1. The van der Waals surface area contributed by atoms with E-state index >= 15 is 0 Å². The van der Waals surface area contributed by atoms with Crippen molar-refractivity contribution in [3.63, 3.8) is 0 Å². The van der Waals surface area contributed by atoms with Crippen molar-refractivity contribution in [1.29, 1.82) is 0 Å². The summed E-state index contributed by atoms with van der Waals surface area (Å²) in [4.78, 5) is 0. The highest BCUT2D eigenvalue weighted by Crippen LogP contribution is 2.38. The highest BCUT2D eigenvalue weighted by Gasteiger charge is 2.17. The molecule has 3 rings (SSSR count). The molecule has 0 spiro atoms. The molecule has 0 unspecified atom stereocenters. The molecule has 4 nitrogen and oxygen atoms in total. The second-order valence-corrected chi connectivity index (χ2v) is 5.67. The minimum absolute atomic E-state index is 0. The van der Waals surface area contributed by atoms with Crippen molar-refractivity contribution in [2.24, 2.45) is 7.05 Å². The van der Waals surface area contributed by atoms with Gasteiger partial charge in [0.2, 0.25) is 5.75 Å². The number of ether oxygens (including phenoxy) is 3. The third-order valence-corrected chi connectivity index (χ3v) is 4.27. The summed E-state index contributed by atoms with van der Waals surface area (Å²) in [5.74, 6) is 1.97. The van der Waals surface area contributed by atoms with Crippen molar-refractivity contribution in [3.05, 3.63) is 59.9 Å². The lowest BCUT2D eigenvalue weighted by molar-refractivity contribution is -0.677. The number of benzene rings is 2. The van der Waals surface area contributed by atoms with Crippen LogP contribution < -0.4 is 31.2 Å². The Labute approximate surface area is 154 Å². The molecule has 132 valence electrons. The normalized spacial score (nSPS) is 10.2. The van der Waals surface area contributed by atoms with Crippen molar-refractivity contribution in [2.75, 3.05) is 21.3 Å². The second kappa shape index (κ2) is 8.08. The summed E-state index contributed by atoms with van der Waals surface area (Å²) < 4.78 is 18.5. The first-order chi connectivity index (χ1) is 11.7. The fraction of sp³-hybridized carbons (Fsp3) is 0.250. The maximum atomic E-state index is 5.46. The number of aryl methyl sites for hydroxylation is 1. The molecule has 25 heavy (non-hydrogen) atoms. The predicted octanol–water partition coefficient (Wildman–Crippen LogP) is 0.285. The molecule has 0 bridgehead atoms. The molecule has 2 aromatic carbocycles. The molecule has 0 amide bonds. The van der Waals surface area contributed by atoms with Crippen LogP contribution >= 0.6 is 0 Å². The van der Waals surface area contributed by atoms with Crippen LogP contribution in [0.1, 0.15) is 11.3 Å². The predicted molar refractivity (Wildman–Crippen MR) is 94.0 cm³/mol. The standard InChI is InChI=1S/C20H22NO3.ClH/c1-21-10-9-15-7-5-6-8-16(15)17(21)11-14-12-18(22-2)20(24-4)19(13-14)23-3;/h5-10,12-13H,11H2,1-4H3;1H/q+1;/p-1. The van der Waals surface area contributed by atoms with Crippen LogP contribution in [0.25, 0.3) is 10.8 Å². The van der Waals surface area contributed by atoms with Crippen LogP contribution in [0.5, 0.6) is 17.2 Å². The van der Waals surface area contributed by atoms with Gasteiger partial charge in [-0.2, -0.15) is 0 Å². The first-order valence-electron chi connectivity index (χ1n) is 7.83. The summed E-state index contributed by atoms with van der Waals surface area (Å²) in [6, 6.07) is 14.6. The minimum Gasteiger partial charge on any atom is -1.00 e.